The standard InChI is InChI=1S/C24H40N4O3/c29-24(26-8-9-28-10-12-30-13-11-28)16-20-6-7-25-18-21(20)15-22-17-23(31-27-22)14-19-4-2-1-3-5-19/h17,19-21,25H,1-16,18H2,(H,26,29)/t20-,21+/m0/s1. The van der Waals surface area contributed by atoms with Crippen LogP contribution in [0, 0.1) is 17.8 Å². The average molecular weight is 433 g/mol. The normalized spacial score (nSPS) is 26.1. The molecule has 0 aromatic carbocycles. The number of nitrogens with one attached hydrogen (secondary N) is 2. The fourth-order valence-corrected chi connectivity index (χ4v) is 5.47. The molecule has 0 spiro atoms. The van der Waals surface area contributed by atoms with Gasteiger partial charge in [-0.05, 0) is 43.7 Å². The zero-order valence-corrected chi connectivity index (χ0v) is 18.9. The van der Waals surface area contributed by atoms with Crippen molar-refractivity contribution in [2.75, 3.05) is 52.5 Å². The Labute approximate surface area is 186 Å². The van der Waals surface area contributed by atoms with Crippen molar-refractivity contribution in [3.8, 4) is 0 Å². The summed E-state index contributed by atoms with van der Waals surface area (Å²) in [5.41, 5.74) is 1.05. The summed E-state index contributed by atoms with van der Waals surface area (Å²) in [6, 6.07) is 2.17. The number of carbonyl (C=O) groups is 1. The summed E-state index contributed by atoms with van der Waals surface area (Å²) in [4.78, 5) is 14.9. The van der Waals surface area contributed by atoms with Crippen molar-refractivity contribution in [3.05, 3.63) is 17.5 Å². The maximum Gasteiger partial charge on any atom is 0.220 e. The third-order valence-electron chi connectivity index (χ3n) is 7.36. The summed E-state index contributed by atoms with van der Waals surface area (Å²) in [6.45, 7) is 7.11. The van der Waals surface area contributed by atoms with Gasteiger partial charge >= 0.3 is 0 Å². The van der Waals surface area contributed by atoms with Crippen LogP contribution in [0.25, 0.3) is 0 Å². The van der Waals surface area contributed by atoms with E-state index in [1.807, 2.05) is 0 Å². The second kappa shape index (κ2) is 12.0. The topological polar surface area (TPSA) is 79.6 Å². The molecule has 1 saturated carbocycles. The smallest absolute Gasteiger partial charge is 0.220 e. The number of morpholine rings is 1. The molecule has 2 N–H and O–H groups in total. The van der Waals surface area contributed by atoms with E-state index in [1.165, 1.54) is 32.1 Å². The van der Waals surface area contributed by atoms with Crippen LogP contribution in [-0.4, -0.2) is 68.4 Å². The SMILES string of the molecule is O=C(C[C@@H]1CCNC[C@H]1Cc1cc(CC2CCCCC2)on1)NCCN1CCOCC1. The predicted octanol–water partition coefficient (Wildman–Crippen LogP) is 2.40. The van der Waals surface area contributed by atoms with Gasteiger partial charge in [-0.25, -0.2) is 0 Å². The summed E-state index contributed by atoms with van der Waals surface area (Å²) in [5, 5.41) is 11.0. The second-order valence-corrected chi connectivity index (χ2v) is 9.72. The Balaban J connectivity index is 1.21. The van der Waals surface area contributed by atoms with Crippen molar-refractivity contribution in [1.29, 1.82) is 0 Å². The first-order chi connectivity index (χ1) is 15.3. The fraction of sp³-hybridized carbons (Fsp3) is 0.833. The van der Waals surface area contributed by atoms with E-state index in [0.717, 1.165) is 89.1 Å². The number of aromatic nitrogens is 1. The number of hydrogen-bond donors (Lipinski definition) is 2. The summed E-state index contributed by atoms with van der Waals surface area (Å²) in [6.07, 6.45) is 10.3. The Bertz CT molecular complexity index is 668. The second-order valence-electron chi connectivity index (χ2n) is 9.72. The van der Waals surface area contributed by atoms with Gasteiger partial charge < -0.3 is 19.9 Å². The molecule has 3 aliphatic rings. The molecule has 1 aromatic rings. The van der Waals surface area contributed by atoms with Crippen molar-refractivity contribution in [2.45, 2.75) is 57.8 Å². The number of nitrogens with zero attached hydrogens (tertiary/aromatic N) is 2. The molecule has 3 fully saturated rings. The van der Waals surface area contributed by atoms with Crippen molar-refractivity contribution < 1.29 is 14.1 Å². The molecule has 1 amide bonds. The Kier molecular flexibility index (Phi) is 8.79. The summed E-state index contributed by atoms with van der Waals surface area (Å²) in [5.74, 6) is 2.83. The third kappa shape index (κ3) is 7.29. The van der Waals surface area contributed by atoms with Gasteiger partial charge in [-0.3, -0.25) is 9.69 Å². The number of hydrogen-bond acceptors (Lipinski definition) is 6. The first kappa shape index (κ1) is 22.7. The number of carbonyl (C=O) groups excluding carboxylic acids is 1. The lowest BCUT2D eigenvalue weighted by Crippen LogP contribution is -2.43. The molecule has 3 heterocycles. The number of piperidine rings is 1. The highest BCUT2D eigenvalue weighted by Gasteiger charge is 2.28. The zero-order chi connectivity index (χ0) is 21.3. The molecule has 0 radical (unpaired) electrons. The number of amides is 1. The number of rotatable bonds is 9. The van der Waals surface area contributed by atoms with Gasteiger partial charge in [0.1, 0.15) is 5.76 Å². The van der Waals surface area contributed by atoms with Crippen LogP contribution >= 0.6 is 0 Å². The van der Waals surface area contributed by atoms with Gasteiger partial charge in [0.15, 0.2) is 0 Å². The third-order valence-corrected chi connectivity index (χ3v) is 7.36. The van der Waals surface area contributed by atoms with Crippen molar-refractivity contribution in [2.24, 2.45) is 17.8 Å². The molecular formula is C24H40N4O3. The zero-order valence-electron chi connectivity index (χ0n) is 18.9. The average Bonchev–Trinajstić information content (AvgIpc) is 3.23. The van der Waals surface area contributed by atoms with Crippen molar-refractivity contribution in [1.82, 2.24) is 20.7 Å². The first-order valence-corrected chi connectivity index (χ1v) is 12.5. The lowest BCUT2D eigenvalue weighted by Gasteiger charge is -2.31. The van der Waals surface area contributed by atoms with Crippen LogP contribution in [0.1, 0.15) is 56.4 Å². The van der Waals surface area contributed by atoms with Crippen molar-refractivity contribution >= 4 is 5.91 Å². The van der Waals surface area contributed by atoms with E-state index in [4.69, 9.17) is 9.26 Å². The summed E-state index contributed by atoms with van der Waals surface area (Å²) in [7, 11) is 0. The van der Waals surface area contributed by atoms with Gasteiger partial charge in [0, 0.05) is 45.1 Å². The molecule has 7 heteroatoms. The fourth-order valence-electron chi connectivity index (χ4n) is 5.47. The molecule has 0 bridgehead atoms. The lowest BCUT2D eigenvalue weighted by molar-refractivity contribution is -0.122. The van der Waals surface area contributed by atoms with Gasteiger partial charge in [-0.1, -0.05) is 37.3 Å². The minimum atomic E-state index is 0.184. The van der Waals surface area contributed by atoms with E-state index in [2.05, 4.69) is 26.8 Å². The highest BCUT2D eigenvalue weighted by Crippen LogP contribution is 2.29. The molecule has 0 unspecified atom stereocenters. The van der Waals surface area contributed by atoms with Crippen LogP contribution in [0.4, 0.5) is 0 Å². The minimum Gasteiger partial charge on any atom is -0.379 e. The predicted molar refractivity (Wildman–Crippen MR) is 120 cm³/mol. The quantitative estimate of drug-likeness (QED) is 0.624. The Hall–Kier alpha value is -1.44. The monoisotopic (exact) mass is 432 g/mol. The van der Waals surface area contributed by atoms with Crippen LogP contribution in [0.15, 0.2) is 10.6 Å². The maximum absolute atomic E-state index is 12.6. The van der Waals surface area contributed by atoms with Gasteiger partial charge in [-0.15, -0.1) is 0 Å². The maximum atomic E-state index is 12.6. The minimum absolute atomic E-state index is 0.184. The van der Waals surface area contributed by atoms with E-state index < -0.39 is 0 Å². The molecule has 7 nitrogen and oxygen atoms in total. The lowest BCUT2D eigenvalue weighted by atomic mass is 9.81. The van der Waals surface area contributed by atoms with Gasteiger partial charge in [-0.2, -0.15) is 0 Å². The van der Waals surface area contributed by atoms with Crippen molar-refractivity contribution in [3.63, 3.8) is 0 Å². The van der Waals surface area contributed by atoms with Crippen LogP contribution in [0.3, 0.4) is 0 Å². The summed E-state index contributed by atoms with van der Waals surface area (Å²) < 4.78 is 11.1. The van der Waals surface area contributed by atoms with E-state index in [-0.39, 0.29) is 5.91 Å². The highest BCUT2D eigenvalue weighted by atomic mass is 16.5. The van der Waals surface area contributed by atoms with Gasteiger partial charge in [0.2, 0.25) is 5.91 Å². The van der Waals surface area contributed by atoms with E-state index >= 15 is 0 Å². The molecule has 2 atom stereocenters. The van der Waals surface area contributed by atoms with E-state index in [1.54, 1.807) is 0 Å². The van der Waals surface area contributed by atoms with E-state index in [9.17, 15) is 4.79 Å². The summed E-state index contributed by atoms with van der Waals surface area (Å²) >= 11 is 0. The molecule has 4 rings (SSSR count). The van der Waals surface area contributed by atoms with Crippen LogP contribution in [-0.2, 0) is 22.4 Å². The highest BCUT2D eigenvalue weighted by molar-refractivity contribution is 5.76. The Morgan fingerprint density at radius 2 is 1.97 bits per heavy atom. The molecule has 1 aliphatic carbocycles. The Morgan fingerprint density at radius 1 is 1.13 bits per heavy atom. The van der Waals surface area contributed by atoms with Crippen LogP contribution in [0.2, 0.25) is 0 Å². The van der Waals surface area contributed by atoms with Crippen LogP contribution in [0.5, 0.6) is 0 Å². The van der Waals surface area contributed by atoms with Gasteiger partial charge in [0.05, 0.1) is 18.9 Å². The van der Waals surface area contributed by atoms with E-state index in [0.29, 0.717) is 18.3 Å². The molecule has 2 saturated heterocycles. The van der Waals surface area contributed by atoms with Crippen LogP contribution < -0.4 is 10.6 Å². The first-order valence-electron chi connectivity index (χ1n) is 12.5. The molecule has 31 heavy (non-hydrogen) atoms. The van der Waals surface area contributed by atoms with Gasteiger partial charge in [0.25, 0.3) is 0 Å². The molecule has 174 valence electrons. The molecule has 1 aromatic heterocycles. The molecular weight excluding hydrogens is 392 g/mol. The largest absolute Gasteiger partial charge is 0.379 e. The number of ether oxygens (including phenoxy) is 1. The molecule has 2 aliphatic heterocycles. The Morgan fingerprint density at radius 3 is 2.81 bits per heavy atom.